The molecule has 2 N–H and O–H groups in total. The standard InChI is InChI=1S/C8H10ClN3O3/c1-2-10-6(13)4-12-3-5(9)7(14)11-8(12)15/h3H,2,4H2,1H3,(H,10,13)(H,11,14,15). The molecule has 1 aromatic heterocycles. The third-order valence-corrected chi connectivity index (χ3v) is 1.92. The summed E-state index contributed by atoms with van der Waals surface area (Å²) in [7, 11) is 0. The lowest BCUT2D eigenvalue weighted by Crippen LogP contribution is -2.35. The predicted molar refractivity (Wildman–Crippen MR) is 55.0 cm³/mol. The Hall–Kier alpha value is -1.56. The summed E-state index contributed by atoms with van der Waals surface area (Å²) in [5.41, 5.74) is -1.32. The third-order valence-electron chi connectivity index (χ3n) is 1.66. The van der Waals surface area contributed by atoms with Gasteiger partial charge in [-0.05, 0) is 6.92 Å². The minimum Gasteiger partial charge on any atom is -0.355 e. The molecule has 0 saturated heterocycles. The van der Waals surface area contributed by atoms with Crippen molar-refractivity contribution in [2.75, 3.05) is 6.54 Å². The topological polar surface area (TPSA) is 84.0 Å². The summed E-state index contributed by atoms with van der Waals surface area (Å²) < 4.78 is 1.04. The maximum Gasteiger partial charge on any atom is 0.328 e. The molecule has 0 aliphatic carbocycles. The van der Waals surface area contributed by atoms with E-state index in [0.29, 0.717) is 6.54 Å². The van der Waals surface area contributed by atoms with E-state index in [0.717, 1.165) is 10.8 Å². The van der Waals surface area contributed by atoms with Gasteiger partial charge >= 0.3 is 5.69 Å². The molecule has 0 unspecified atom stereocenters. The van der Waals surface area contributed by atoms with Crippen LogP contribution in [-0.4, -0.2) is 22.0 Å². The zero-order valence-electron chi connectivity index (χ0n) is 8.04. The molecule has 0 bridgehead atoms. The number of nitrogens with zero attached hydrogens (tertiary/aromatic N) is 1. The lowest BCUT2D eigenvalue weighted by atomic mass is 10.5. The first-order valence-corrected chi connectivity index (χ1v) is 4.68. The van der Waals surface area contributed by atoms with Crippen LogP contribution in [0, 0.1) is 0 Å². The van der Waals surface area contributed by atoms with Gasteiger partial charge in [-0.2, -0.15) is 0 Å². The quantitative estimate of drug-likeness (QED) is 0.723. The number of carbonyl (C=O) groups is 1. The van der Waals surface area contributed by atoms with Gasteiger partial charge in [0.25, 0.3) is 5.56 Å². The molecule has 1 rings (SSSR count). The fraction of sp³-hybridized carbons (Fsp3) is 0.375. The second-order valence-corrected chi connectivity index (χ2v) is 3.22. The molecule has 0 radical (unpaired) electrons. The Morgan fingerprint density at radius 2 is 2.27 bits per heavy atom. The van der Waals surface area contributed by atoms with Gasteiger partial charge in [-0.1, -0.05) is 11.6 Å². The number of likely N-dealkylation sites (N-methyl/N-ethyl adjacent to an activating group) is 1. The predicted octanol–water partition coefficient (Wildman–Crippen LogP) is -0.674. The summed E-state index contributed by atoms with van der Waals surface area (Å²) in [4.78, 5) is 35.3. The van der Waals surface area contributed by atoms with Gasteiger partial charge in [0.1, 0.15) is 11.6 Å². The first-order chi connectivity index (χ1) is 7.04. The highest BCUT2D eigenvalue weighted by atomic mass is 35.5. The number of carbonyl (C=O) groups excluding carboxylic acids is 1. The summed E-state index contributed by atoms with van der Waals surface area (Å²) in [5.74, 6) is -0.317. The van der Waals surface area contributed by atoms with Gasteiger partial charge in [-0.3, -0.25) is 19.1 Å². The normalized spacial score (nSPS) is 10.0. The lowest BCUT2D eigenvalue weighted by molar-refractivity contribution is -0.121. The maximum atomic E-state index is 11.2. The molecule has 7 heteroatoms. The van der Waals surface area contributed by atoms with Crippen molar-refractivity contribution >= 4 is 17.5 Å². The molecule has 15 heavy (non-hydrogen) atoms. The van der Waals surface area contributed by atoms with Crippen molar-refractivity contribution in [2.45, 2.75) is 13.5 Å². The van der Waals surface area contributed by atoms with E-state index in [9.17, 15) is 14.4 Å². The first-order valence-electron chi connectivity index (χ1n) is 4.30. The molecule has 6 nitrogen and oxygen atoms in total. The monoisotopic (exact) mass is 231 g/mol. The second kappa shape index (κ2) is 4.79. The summed E-state index contributed by atoms with van der Waals surface area (Å²) in [5, 5.41) is 2.40. The average molecular weight is 232 g/mol. The summed E-state index contributed by atoms with van der Waals surface area (Å²) >= 11 is 5.51. The Balaban J connectivity index is 2.96. The molecule has 0 fully saturated rings. The minimum absolute atomic E-state index is 0.126. The van der Waals surface area contributed by atoms with Crippen LogP contribution < -0.4 is 16.6 Å². The zero-order valence-corrected chi connectivity index (χ0v) is 8.80. The van der Waals surface area contributed by atoms with Gasteiger partial charge in [-0.15, -0.1) is 0 Å². The van der Waals surface area contributed by atoms with Crippen molar-refractivity contribution in [1.29, 1.82) is 0 Å². The Morgan fingerprint density at radius 3 is 2.87 bits per heavy atom. The molecular formula is C8H10ClN3O3. The van der Waals surface area contributed by atoms with Crippen molar-refractivity contribution in [3.05, 3.63) is 32.1 Å². The van der Waals surface area contributed by atoms with Crippen molar-refractivity contribution in [1.82, 2.24) is 14.9 Å². The highest BCUT2D eigenvalue weighted by molar-refractivity contribution is 6.30. The van der Waals surface area contributed by atoms with Crippen molar-refractivity contribution in [3.8, 4) is 0 Å². The van der Waals surface area contributed by atoms with Crippen LogP contribution in [0.4, 0.5) is 0 Å². The van der Waals surface area contributed by atoms with E-state index >= 15 is 0 Å². The molecule has 0 aromatic carbocycles. The molecule has 0 aliphatic rings. The van der Waals surface area contributed by atoms with Crippen LogP contribution in [0.15, 0.2) is 15.8 Å². The van der Waals surface area contributed by atoms with Gasteiger partial charge in [0.05, 0.1) is 0 Å². The third kappa shape index (κ3) is 2.95. The van der Waals surface area contributed by atoms with Crippen LogP contribution in [0.5, 0.6) is 0 Å². The number of aromatic nitrogens is 2. The number of hydrogen-bond donors (Lipinski definition) is 2. The zero-order chi connectivity index (χ0) is 11.4. The minimum atomic E-state index is -0.659. The van der Waals surface area contributed by atoms with Crippen molar-refractivity contribution < 1.29 is 4.79 Å². The fourth-order valence-electron chi connectivity index (χ4n) is 1.01. The molecule has 82 valence electrons. The van der Waals surface area contributed by atoms with Crippen molar-refractivity contribution in [3.63, 3.8) is 0 Å². The largest absolute Gasteiger partial charge is 0.355 e. The molecule has 1 amide bonds. The Bertz CT molecular complexity index is 477. The fourth-order valence-corrected chi connectivity index (χ4v) is 1.17. The number of aromatic amines is 1. The maximum absolute atomic E-state index is 11.2. The van der Waals surface area contributed by atoms with Crippen LogP contribution in [0.1, 0.15) is 6.92 Å². The van der Waals surface area contributed by atoms with E-state index in [1.807, 2.05) is 4.98 Å². The summed E-state index contributed by atoms with van der Waals surface area (Å²) in [6, 6.07) is 0. The number of rotatable bonds is 3. The number of amides is 1. The highest BCUT2D eigenvalue weighted by Gasteiger charge is 2.05. The molecule has 0 aliphatic heterocycles. The molecular weight excluding hydrogens is 222 g/mol. The summed E-state index contributed by atoms with van der Waals surface area (Å²) in [6.45, 7) is 2.08. The average Bonchev–Trinajstić information content (AvgIpc) is 2.14. The van der Waals surface area contributed by atoms with Gasteiger partial charge in [0.15, 0.2) is 0 Å². The Labute approximate surface area is 89.9 Å². The first kappa shape index (κ1) is 11.5. The van der Waals surface area contributed by atoms with E-state index in [1.165, 1.54) is 0 Å². The van der Waals surface area contributed by atoms with Crippen LogP contribution in [-0.2, 0) is 11.3 Å². The molecule has 1 heterocycles. The van der Waals surface area contributed by atoms with Crippen LogP contribution in [0.25, 0.3) is 0 Å². The van der Waals surface area contributed by atoms with E-state index in [-0.39, 0.29) is 17.5 Å². The van der Waals surface area contributed by atoms with Crippen molar-refractivity contribution in [2.24, 2.45) is 0 Å². The SMILES string of the molecule is CCNC(=O)Cn1cc(Cl)c(=O)[nH]c1=O. The van der Waals surface area contributed by atoms with Gasteiger partial charge < -0.3 is 5.32 Å². The number of hydrogen-bond acceptors (Lipinski definition) is 3. The molecule has 0 saturated carbocycles. The Kier molecular flexibility index (Phi) is 3.68. The molecule has 0 spiro atoms. The lowest BCUT2D eigenvalue weighted by Gasteiger charge is -2.04. The number of H-pyrrole nitrogens is 1. The molecule has 1 aromatic rings. The van der Waals surface area contributed by atoms with Crippen LogP contribution in [0.2, 0.25) is 5.02 Å². The second-order valence-electron chi connectivity index (χ2n) is 2.82. The summed E-state index contributed by atoms with van der Waals surface area (Å²) in [6.07, 6.45) is 1.14. The Morgan fingerprint density at radius 1 is 1.60 bits per heavy atom. The van der Waals surface area contributed by atoms with E-state index < -0.39 is 11.2 Å². The number of halogens is 1. The van der Waals surface area contributed by atoms with Gasteiger partial charge in [0, 0.05) is 12.7 Å². The van der Waals surface area contributed by atoms with E-state index in [2.05, 4.69) is 5.32 Å². The number of nitrogens with one attached hydrogen (secondary N) is 2. The highest BCUT2D eigenvalue weighted by Crippen LogP contribution is 1.95. The van der Waals surface area contributed by atoms with Crippen LogP contribution in [0.3, 0.4) is 0 Å². The van der Waals surface area contributed by atoms with E-state index in [4.69, 9.17) is 11.6 Å². The van der Waals surface area contributed by atoms with Gasteiger partial charge in [-0.25, -0.2) is 4.79 Å². The van der Waals surface area contributed by atoms with E-state index in [1.54, 1.807) is 6.92 Å². The van der Waals surface area contributed by atoms with Crippen LogP contribution >= 0.6 is 11.6 Å². The van der Waals surface area contributed by atoms with Gasteiger partial charge in [0.2, 0.25) is 5.91 Å². The smallest absolute Gasteiger partial charge is 0.328 e. The molecule has 0 atom stereocenters.